The summed E-state index contributed by atoms with van der Waals surface area (Å²) in [6.07, 6.45) is 2.22. The number of rotatable bonds is 8. The number of hydrogen-bond acceptors (Lipinski definition) is 2. The standard InChI is InChI=1S/C23H27Cl2N3O/c1-4-7-21(23(29)26-14-15(2)3)28-20-9-6-5-8-19(20)27-22(28)13-16-10-11-17(24)18(25)12-16/h5-6,8-12,15,21H,4,7,13-14H2,1-3H3,(H,26,29). The first-order valence-electron chi connectivity index (χ1n) is 10.1. The van der Waals surface area contributed by atoms with Gasteiger partial charge in [0.2, 0.25) is 5.91 Å². The molecule has 0 fully saturated rings. The van der Waals surface area contributed by atoms with Gasteiger partial charge < -0.3 is 9.88 Å². The van der Waals surface area contributed by atoms with E-state index in [-0.39, 0.29) is 11.9 Å². The van der Waals surface area contributed by atoms with Crippen LogP contribution in [-0.4, -0.2) is 22.0 Å². The molecule has 1 unspecified atom stereocenters. The Labute approximate surface area is 182 Å². The third kappa shape index (κ3) is 5.12. The second-order valence-electron chi connectivity index (χ2n) is 7.76. The number of amides is 1. The van der Waals surface area contributed by atoms with Crippen LogP contribution < -0.4 is 5.32 Å². The van der Waals surface area contributed by atoms with E-state index in [0.29, 0.717) is 28.9 Å². The molecule has 6 heteroatoms. The summed E-state index contributed by atoms with van der Waals surface area (Å²) in [6.45, 7) is 6.95. The van der Waals surface area contributed by atoms with Gasteiger partial charge in [0.25, 0.3) is 0 Å². The predicted molar refractivity (Wildman–Crippen MR) is 121 cm³/mol. The molecule has 0 saturated heterocycles. The summed E-state index contributed by atoms with van der Waals surface area (Å²) in [5, 5.41) is 4.15. The Balaban J connectivity index is 2.04. The van der Waals surface area contributed by atoms with Crippen LogP contribution in [-0.2, 0) is 11.2 Å². The van der Waals surface area contributed by atoms with E-state index < -0.39 is 0 Å². The molecule has 0 saturated carbocycles. The number of aromatic nitrogens is 2. The molecule has 0 bridgehead atoms. The minimum Gasteiger partial charge on any atom is -0.354 e. The van der Waals surface area contributed by atoms with Crippen molar-refractivity contribution in [1.29, 1.82) is 0 Å². The summed E-state index contributed by atoms with van der Waals surface area (Å²) in [7, 11) is 0. The lowest BCUT2D eigenvalue weighted by atomic mass is 10.1. The number of nitrogens with zero attached hydrogens (tertiary/aromatic N) is 2. The molecular weight excluding hydrogens is 405 g/mol. The highest BCUT2D eigenvalue weighted by Gasteiger charge is 2.25. The lowest BCUT2D eigenvalue weighted by Gasteiger charge is -2.22. The Morgan fingerprint density at radius 3 is 2.59 bits per heavy atom. The Bertz CT molecular complexity index is 997. The summed E-state index contributed by atoms with van der Waals surface area (Å²) < 4.78 is 2.09. The number of fused-ring (bicyclic) bond motifs is 1. The van der Waals surface area contributed by atoms with Crippen LogP contribution in [0.25, 0.3) is 11.0 Å². The number of nitrogens with one attached hydrogen (secondary N) is 1. The molecule has 0 spiro atoms. The first-order chi connectivity index (χ1) is 13.9. The maximum absolute atomic E-state index is 13.1. The Morgan fingerprint density at radius 2 is 1.90 bits per heavy atom. The second-order valence-corrected chi connectivity index (χ2v) is 8.57. The van der Waals surface area contributed by atoms with Gasteiger partial charge in [-0.05, 0) is 42.2 Å². The smallest absolute Gasteiger partial charge is 0.243 e. The quantitative estimate of drug-likeness (QED) is 0.471. The number of carbonyl (C=O) groups is 1. The average molecular weight is 432 g/mol. The van der Waals surface area contributed by atoms with Gasteiger partial charge in [0, 0.05) is 13.0 Å². The van der Waals surface area contributed by atoms with Gasteiger partial charge in [-0.25, -0.2) is 4.98 Å². The van der Waals surface area contributed by atoms with Crippen molar-refractivity contribution in [2.45, 2.75) is 46.1 Å². The van der Waals surface area contributed by atoms with Crippen molar-refractivity contribution in [1.82, 2.24) is 14.9 Å². The van der Waals surface area contributed by atoms with Gasteiger partial charge in [0.05, 0.1) is 21.1 Å². The summed E-state index contributed by atoms with van der Waals surface area (Å²) in [5.74, 6) is 1.29. The zero-order chi connectivity index (χ0) is 21.0. The van der Waals surface area contributed by atoms with Crippen LogP contribution in [0.2, 0.25) is 10.0 Å². The van der Waals surface area contributed by atoms with Crippen molar-refractivity contribution in [3.63, 3.8) is 0 Å². The Kier molecular flexibility index (Phi) is 7.20. The predicted octanol–water partition coefficient (Wildman–Crippen LogP) is 6.05. The van der Waals surface area contributed by atoms with Crippen LogP contribution >= 0.6 is 23.2 Å². The summed E-state index contributed by atoms with van der Waals surface area (Å²) in [4.78, 5) is 17.9. The van der Waals surface area contributed by atoms with Gasteiger partial charge in [-0.2, -0.15) is 0 Å². The molecule has 154 valence electrons. The monoisotopic (exact) mass is 431 g/mol. The molecule has 0 aliphatic rings. The van der Waals surface area contributed by atoms with Gasteiger partial charge in [-0.1, -0.05) is 68.6 Å². The topological polar surface area (TPSA) is 46.9 Å². The van der Waals surface area contributed by atoms with Gasteiger partial charge in [0.15, 0.2) is 0 Å². The van der Waals surface area contributed by atoms with E-state index >= 15 is 0 Å². The molecule has 0 aliphatic heterocycles. The normalized spacial score (nSPS) is 12.5. The molecule has 0 radical (unpaired) electrons. The van der Waals surface area contributed by atoms with Crippen molar-refractivity contribution in [2.24, 2.45) is 5.92 Å². The average Bonchev–Trinajstić information content (AvgIpc) is 3.04. The number of para-hydroxylation sites is 2. The van der Waals surface area contributed by atoms with Crippen molar-refractivity contribution in [2.75, 3.05) is 6.54 Å². The van der Waals surface area contributed by atoms with E-state index in [2.05, 4.69) is 30.7 Å². The van der Waals surface area contributed by atoms with Crippen LogP contribution in [0, 0.1) is 5.92 Å². The lowest BCUT2D eigenvalue weighted by molar-refractivity contribution is -0.124. The number of carbonyl (C=O) groups excluding carboxylic acids is 1. The maximum atomic E-state index is 13.1. The summed E-state index contributed by atoms with van der Waals surface area (Å²) in [6, 6.07) is 13.3. The van der Waals surface area contributed by atoms with Crippen LogP contribution in [0.4, 0.5) is 0 Å². The third-order valence-corrected chi connectivity index (χ3v) is 5.62. The number of halogens is 2. The molecule has 3 aromatic rings. The van der Waals surface area contributed by atoms with E-state index in [9.17, 15) is 4.79 Å². The molecule has 4 nitrogen and oxygen atoms in total. The highest BCUT2D eigenvalue weighted by Crippen LogP contribution is 2.28. The third-order valence-electron chi connectivity index (χ3n) is 4.88. The minimum atomic E-state index is -0.302. The van der Waals surface area contributed by atoms with Crippen molar-refractivity contribution < 1.29 is 4.79 Å². The molecule has 1 aromatic heterocycles. The zero-order valence-electron chi connectivity index (χ0n) is 17.1. The van der Waals surface area contributed by atoms with Gasteiger partial charge >= 0.3 is 0 Å². The Morgan fingerprint density at radius 1 is 1.14 bits per heavy atom. The van der Waals surface area contributed by atoms with Crippen molar-refractivity contribution >= 4 is 40.1 Å². The zero-order valence-corrected chi connectivity index (χ0v) is 18.6. The molecule has 1 atom stereocenters. The van der Waals surface area contributed by atoms with Crippen molar-refractivity contribution in [3.05, 3.63) is 63.9 Å². The SMILES string of the molecule is CCCC(C(=O)NCC(C)C)n1c(Cc2ccc(Cl)c(Cl)c2)nc2ccccc21. The summed E-state index contributed by atoms with van der Waals surface area (Å²) >= 11 is 12.3. The fraction of sp³-hybridized carbons (Fsp3) is 0.391. The van der Waals surface area contributed by atoms with Gasteiger partial charge in [-0.15, -0.1) is 0 Å². The number of hydrogen-bond donors (Lipinski definition) is 1. The molecule has 1 amide bonds. The molecule has 1 N–H and O–H groups in total. The minimum absolute atomic E-state index is 0.0408. The first-order valence-corrected chi connectivity index (χ1v) is 10.8. The van der Waals surface area contributed by atoms with Crippen molar-refractivity contribution in [3.8, 4) is 0 Å². The van der Waals surface area contributed by atoms with Crippen LogP contribution in [0.1, 0.15) is 51.0 Å². The molecule has 1 heterocycles. The first kappa shape index (κ1) is 21.7. The highest BCUT2D eigenvalue weighted by atomic mass is 35.5. The van der Waals surface area contributed by atoms with E-state index in [0.717, 1.165) is 35.3 Å². The van der Waals surface area contributed by atoms with Crippen LogP contribution in [0.5, 0.6) is 0 Å². The molecule has 2 aromatic carbocycles. The van der Waals surface area contributed by atoms with E-state index in [1.807, 2.05) is 36.4 Å². The molecule has 29 heavy (non-hydrogen) atoms. The highest BCUT2D eigenvalue weighted by molar-refractivity contribution is 6.42. The lowest BCUT2D eigenvalue weighted by Crippen LogP contribution is -2.35. The van der Waals surface area contributed by atoms with Crippen LogP contribution in [0.15, 0.2) is 42.5 Å². The van der Waals surface area contributed by atoms with Crippen LogP contribution in [0.3, 0.4) is 0 Å². The maximum Gasteiger partial charge on any atom is 0.243 e. The largest absolute Gasteiger partial charge is 0.354 e. The number of imidazole rings is 1. The molecule has 3 rings (SSSR count). The molecular formula is C23H27Cl2N3O. The van der Waals surface area contributed by atoms with E-state index in [1.54, 1.807) is 6.07 Å². The molecule has 0 aliphatic carbocycles. The second kappa shape index (κ2) is 9.64. The fourth-order valence-electron chi connectivity index (χ4n) is 3.47. The van der Waals surface area contributed by atoms with E-state index in [1.165, 1.54) is 0 Å². The number of benzene rings is 2. The van der Waals surface area contributed by atoms with Gasteiger partial charge in [0.1, 0.15) is 11.9 Å². The Hall–Kier alpha value is -2.04. The summed E-state index contributed by atoms with van der Waals surface area (Å²) in [5.41, 5.74) is 2.87. The van der Waals surface area contributed by atoms with E-state index in [4.69, 9.17) is 28.2 Å². The van der Waals surface area contributed by atoms with Gasteiger partial charge in [-0.3, -0.25) is 4.79 Å². The fourth-order valence-corrected chi connectivity index (χ4v) is 3.79.